The van der Waals surface area contributed by atoms with E-state index in [2.05, 4.69) is 20.2 Å². The number of aromatic nitrogens is 2. The number of rotatable bonds is 2. The number of nitrogens with zero attached hydrogens (tertiary/aromatic N) is 3. The van der Waals surface area contributed by atoms with E-state index >= 15 is 0 Å². The summed E-state index contributed by atoms with van der Waals surface area (Å²) in [7, 11) is 0. The predicted octanol–water partition coefficient (Wildman–Crippen LogP) is 1.60. The summed E-state index contributed by atoms with van der Waals surface area (Å²) in [5.74, 6) is 2.68. The van der Waals surface area contributed by atoms with E-state index in [1.165, 1.54) is 32.5 Å². The smallest absolute Gasteiger partial charge is 0.130 e. The summed E-state index contributed by atoms with van der Waals surface area (Å²) in [5.41, 5.74) is 1.04. The van der Waals surface area contributed by atoms with Gasteiger partial charge in [-0.1, -0.05) is 0 Å². The molecule has 17 heavy (non-hydrogen) atoms. The van der Waals surface area contributed by atoms with Crippen LogP contribution < -0.4 is 5.32 Å². The van der Waals surface area contributed by atoms with E-state index in [1.807, 2.05) is 19.9 Å². The van der Waals surface area contributed by atoms with Gasteiger partial charge in [0, 0.05) is 24.3 Å². The van der Waals surface area contributed by atoms with Crippen molar-refractivity contribution in [2.45, 2.75) is 32.7 Å². The molecule has 0 saturated carbocycles. The molecule has 3 saturated heterocycles. The average Bonchev–Trinajstić information content (AvgIpc) is 2.29. The Balaban J connectivity index is 1.74. The van der Waals surface area contributed by atoms with Crippen molar-refractivity contribution in [1.82, 2.24) is 14.9 Å². The van der Waals surface area contributed by atoms with E-state index < -0.39 is 0 Å². The minimum Gasteiger partial charge on any atom is -0.366 e. The van der Waals surface area contributed by atoms with Gasteiger partial charge in [0.2, 0.25) is 0 Å². The van der Waals surface area contributed by atoms with Crippen molar-refractivity contribution in [1.29, 1.82) is 0 Å². The van der Waals surface area contributed by atoms with Gasteiger partial charge in [0.25, 0.3) is 0 Å². The van der Waals surface area contributed by atoms with Gasteiger partial charge in [0.15, 0.2) is 0 Å². The zero-order valence-corrected chi connectivity index (χ0v) is 10.6. The first-order chi connectivity index (χ1) is 8.20. The molecule has 1 atom stereocenters. The van der Waals surface area contributed by atoms with Gasteiger partial charge in [0.1, 0.15) is 11.6 Å². The monoisotopic (exact) mass is 232 g/mol. The third kappa shape index (κ3) is 2.27. The summed E-state index contributed by atoms with van der Waals surface area (Å²) in [4.78, 5) is 11.3. The Morgan fingerprint density at radius 2 is 2.00 bits per heavy atom. The van der Waals surface area contributed by atoms with Crippen LogP contribution in [0.2, 0.25) is 0 Å². The van der Waals surface area contributed by atoms with Crippen LogP contribution in [-0.2, 0) is 0 Å². The van der Waals surface area contributed by atoms with Crippen molar-refractivity contribution in [3.05, 3.63) is 17.6 Å². The molecule has 92 valence electrons. The third-order valence-electron chi connectivity index (χ3n) is 3.96. The topological polar surface area (TPSA) is 41.0 Å². The number of fused-ring (bicyclic) bond motifs is 3. The van der Waals surface area contributed by atoms with E-state index in [-0.39, 0.29) is 0 Å². The van der Waals surface area contributed by atoms with Crippen molar-refractivity contribution in [2.75, 3.05) is 25.0 Å². The highest BCUT2D eigenvalue weighted by Crippen LogP contribution is 2.29. The molecule has 3 aliphatic heterocycles. The Kier molecular flexibility index (Phi) is 2.74. The van der Waals surface area contributed by atoms with E-state index in [0.717, 1.165) is 23.3 Å². The second-order valence-corrected chi connectivity index (χ2v) is 5.33. The van der Waals surface area contributed by atoms with E-state index in [4.69, 9.17) is 0 Å². The van der Waals surface area contributed by atoms with Crippen molar-refractivity contribution >= 4 is 5.82 Å². The summed E-state index contributed by atoms with van der Waals surface area (Å²) < 4.78 is 0. The van der Waals surface area contributed by atoms with Crippen LogP contribution in [0.3, 0.4) is 0 Å². The van der Waals surface area contributed by atoms with Gasteiger partial charge in [0.05, 0.1) is 0 Å². The lowest BCUT2D eigenvalue weighted by Gasteiger charge is -2.45. The number of anilines is 1. The second-order valence-electron chi connectivity index (χ2n) is 5.33. The number of hydrogen-bond acceptors (Lipinski definition) is 4. The molecule has 4 nitrogen and oxygen atoms in total. The number of hydrogen-bond donors (Lipinski definition) is 1. The maximum absolute atomic E-state index is 4.47. The van der Waals surface area contributed by atoms with Crippen molar-refractivity contribution in [2.24, 2.45) is 5.92 Å². The summed E-state index contributed by atoms with van der Waals surface area (Å²) >= 11 is 0. The molecule has 2 bridgehead atoms. The zero-order valence-electron chi connectivity index (χ0n) is 10.6. The molecule has 1 aromatic heterocycles. The molecule has 0 aromatic carbocycles. The fourth-order valence-corrected chi connectivity index (χ4v) is 3.11. The first-order valence-corrected chi connectivity index (χ1v) is 6.52. The molecule has 4 rings (SSSR count). The maximum atomic E-state index is 4.47. The van der Waals surface area contributed by atoms with Crippen LogP contribution in [0.25, 0.3) is 0 Å². The molecule has 0 amide bonds. The molecule has 3 aliphatic rings. The van der Waals surface area contributed by atoms with E-state index in [9.17, 15) is 0 Å². The van der Waals surface area contributed by atoms with Gasteiger partial charge in [-0.2, -0.15) is 0 Å². The average molecular weight is 232 g/mol. The molecule has 0 spiro atoms. The van der Waals surface area contributed by atoms with Crippen LogP contribution in [0, 0.1) is 19.8 Å². The van der Waals surface area contributed by atoms with Crippen LogP contribution in [0.5, 0.6) is 0 Å². The highest BCUT2D eigenvalue weighted by molar-refractivity contribution is 5.37. The normalized spacial score (nSPS) is 31.5. The Labute approximate surface area is 102 Å². The molecule has 1 unspecified atom stereocenters. The van der Waals surface area contributed by atoms with E-state index in [0.29, 0.717) is 6.04 Å². The van der Waals surface area contributed by atoms with Crippen LogP contribution in [0.15, 0.2) is 6.07 Å². The Bertz CT molecular complexity index is 390. The lowest BCUT2D eigenvalue weighted by Crippen LogP contribution is -2.53. The van der Waals surface area contributed by atoms with Gasteiger partial charge in [-0.3, -0.25) is 0 Å². The SMILES string of the molecule is Cc1cc(NC2CN3CCC2CC3)nc(C)n1. The summed E-state index contributed by atoms with van der Waals surface area (Å²) in [6.07, 6.45) is 2.67. The third-order valence-corrected chi connectivity index (χ3v) is 3.96. The lowest BCUT2D eigenvalue weighted by molar-refractivity contribution is 0.0973. The highest BCUT2D eigenvalue weighted by Gasteiger charge is 2.34. The van der Waals surface area contributed by atoms with Gasteiger partial charge in [-0.25, -0.2) is 9.97 Å². The fourth-order valence-electron chi connectivity index (χ4n) is 3.11. The maximum Gasteiger partial charge on any atom is 0.130 e. The zero-order chi connectivity index (χ0) is 11.8. The van der Waals surface area contributed by atoms with Crippen molar-refractivity contribution in [3.63, 3.8) is 0 Å². The van der Waals surface area contributed by atoms with Gasteiger partial charge >= 0.3 is 0 Å². The minimum atomic E-state index is 0.575. The minimum absolute atomic E-state index is 0.575. The second kappa shape index (κ2) is 4.26. The van der Waals surface area contributed by atoms with Gasteiger partial charge < -0.3 is 10.2 Å². The first-order valence-electron chi connectivity index (χ1n) is 6.52. The largest absolute Gasteiger partial charge is 0.366 e. The Morgan fingerprint density at radius 3 is 2.59 bits per heavy atom. The molecular weight excluding hydrogens is 212 g/mol. The number of nitrogens with one attached hydrogen (secondary N) is 1. The molecule has 0 aliphatic carbocycles. The molecule has 1 aromatic rings. The first kappa shape index (κ1) is 11.0. The molecule has 1 N–H and O–H groups in total. The fraction of sp³-hybridized carbons (Fsp3) is 0.692. The summed E-state index contributed by atoms with van der Waals surface area (Å²) in [6, 6.07) is 2.62. The lowest BCUT2D eigenvalue weighted by atomic mass is 9.84. The van der Waals surface area contributed by atoms with Crippen molar-refractivity contribution < 1.29 is 0 Å². The van der Waals surface area contributed by atoms with Crippen molar-refractivity contribution in [3.8, 4) is 0 Å². The van der Waals surface area contributed by atoms with Crippen LogP contribution in [-0.4, -0.2) is 40.5 Å². The van der Waals surface area contributed by atoms with Crippen LogP contribution >= 0.6 is 0 Å². The summed E-state index contributed by atoms with van der Waals surface area (Å²) in [5, 5.41) is 3.60. The molecule has 4 heteroatoms. The molecular formula is C13H20N4. The van der Waals surface area contributed by atoms with E-state index in [1.54, 1.807) is 0 Å². The number of aryl methyl sites for hydroxylation is 2. The molecule has 4 heterocycles. The number of piperidine rings is 3. The molecule has 3 fully saturated rings. The highest BCUT2D eigenvalue weighted by atomic mass is 15.2. The Hall–Kier alpha value is -1.16. The quantitative estimate of drug-likeness (QED) is 0.841. The molecule has 0 radical (unpaired) electrons. The van der Waals surface area contributed by atoms with Crippen LogP contribution in [0.1, 0.15) is 24.4 Å². The predicted molar refractivity (Wildman–Crippen MR) is 68.1 cm³/mol. The van der Waals surface area contributed by atoms with Gasteiger partial charge in [-0.05, 0) is 45.7 Å². The van der Waals surface area contributed by atoms with Crippen LogP contribution in [0.4, 0.5) is 5.82 Å². The standard InChI is InChI=1S/C13H20N4/c1-9-7-13(15-10(2)14-9)16-12-8-17-5-3-11(12)4-6-17/h7,11-12H,3-6,8H2,1-2H3,(H,14,15,16). The van der Waals surface area contributed by atoms with Gasteiger partial charge in [-0.15, -0.1) is 0 Å². The Morgan fingerprint density at radius 1 is 1.24 bits per heavy atom. The summed E-state index contributed by atoms with van der Waals surface area (Å²) in [6.45, 7) is 7.72.